The molecule has 0 radical (unpaired) electrons. The maximum Gasteiger partial charge on any atom is 0.251 e. The fraction of sp³-hybridized carbons (Fsp3) is 0.364. The number of carbonyl (C=O) groups is 1. The molecule has 0 spiro atoms. The smallest absolute Gasteiger partial charge is 0.251 e. The van der Waals surface area contributed by atoms with E-state index in [0.717, 1.165) is 17.7 Å². The maximum atomic E-state index is 13.6. The van der Waals surface area contributed by atoms with Gasteiger partial charge in [0.15, 0.2) is 5.96 Å². The van der Waals surface area contributed by atoms with Gasteiger partial charge in [0.05, 0.1) is 7.11 Å². The van der Waals surface area contributed by atoms with Gasteiger partial charge >= 0.3 is 0 Å². The van der Waals surface area contributed by atoms with Crippen molar-refractivity contribution in [2.45, 2.75) is 20.3 Å². The first-order chi connectivity index (χ1) is 13.9. The zero-order valence-corrected chi connectivity index (χ0v) is 17.4. The van der Waals surface area contributed by atoms with Crippen LogP contribution >= 0.6 is 0 Å². The van der Waals surface area contributed by atoms with Crippen molar-refractivity contribution in [1.82, 2.24) is 16.0 Å². The molecule has 0 saturated carbocycles. The molecule has 0 aromatic heterocycles. The molecular weight excluding hydrogens is 371 g/mol. The van der Waals surface area contributed by atoms with Crippen molar-refractivity contribution in [3.63, 3.8) is 0 Å². The van der Waals surface area contributed by atoms with Gasteiger partial charge in [-0.05, 0) is 49.6 Å². The Morgan fingerprint density at radius 2 is 1.76 bits per heavy atom. The molecule has 2 rings (SSSR count). The highest BCUT2D eigenvalue weighted by Gasteiger charge is 2.08. The minimum atomic E-state index is -0.384. The zero-order valence-electron chi connectivity index (χ0n) is 17.4. The number of amides is 1. The highest BCUT2D eigenvalue weighted by Crippen LogP contribution is 2.19. The number of hydrogen-bond acceptors (Lipinski definition) is 3. The van der Waals surface area contributed by atoms with Crippen LogP contribution in [0, 0.1) is 19.7 Å². The van der Waals surface area contributed by atoms with E-state index in [2.05, 4.69) is 33.9 Å². The molecule has 2 aromatic rings. The number of carbonyl (C=O) groups excluding carboxylic acids is 1. The maximum absolute atomic E-state index is 13.6. The van der Waals surface area contributed by atoms with Crippen molar-refractivity contribution in [1.29, 1.82) is 0 Å². The molecule has 0 aliphatic heterocycles. The summed E-state index contributed by atoms with van der Waals surface area (Å²) in [5.74, 6) is 0.827. The number of ether oxygens (including phenoxy) is 1. The average Bonchev–Trinajstić information content (AvgIpc) is 2.71. The summed E-state index contributed by atoms with van der Waals surface area (Å²) < 4.78 is 19.0. The summed E-state index contributed by atoms with van der Waals surface area (Å²) in [6, 6.07) is 10.6. The average molecular weight is 400 g/mol. The van der Waals surface area contributed by atoms with Gasteiger partial charge in [0.25, 0.3) is 5.91 Å². The number of benzene rings is 2. The molecule has 0 saturated heterocycles. The van der Waals surface area contributed by atoms with Crippen LogP contribution in [0.2, 0.25) is 0 Å². The van der Waals surface area contributed by atoms with Crippen molar-refractivity contribution in [3.8, 4) is 5.75 Å². The minimum Gasteiger partial charge on any atom is -0.496 e. The van der Waals surface area contributed by atoms with Crippen LogP contribution in [0.15, 0.2) is 41.4 Å². The molecule has 0 fully saturated rings. The third kappa shape index (κ3) is 6.78. The Balaban J connectivity index is 1.73. The number of guanidine groups is 1. The van der Waals surface area contributed by atoms with Gasteiger partial charge in [-0.3, -0.25) is 9.79 Å². The predicted molar refractivity (Wildman–Crippen MR) is 114 cm³/mol. The summed E-state index contributed by atoms with van der Waals surface area (Å²) in [6.07, 6.45) is 0.793. The summed E-state index contributed by atoms with van der Waals surface area (Å²) in [4.78, 5) is 16.3. The third-order valence-corrected chi connectivity index (χ3v) is 4.48. The number of rotatable bonds is 8. The summed E-state index contributed by atoms with van der Waals surface area (Å²) in [6.45, 7) is 5.29. The Labute approximate surface area is 171 Å². The molecule has 0 aliphatic rings. The van der Waals surface area contributed by atoms with E-state index in [1.54, 1.807) is 33.2 Å². The first-order valence-corrected chi connectivity index (χ1v) is 9.57. The number of halogens is 1. The lowest BCUT2D eigenvalue weighted by atomic mass is 10.1. The summed E-state index contributed by atoms with van der Waals surface area (Å²) in [5, 5.41) is 9.15. The number of aryl methyl sites for hydroxylation is 2. The van der Waals surface area contributed by atoms with Gasteiger partial charge in [-0.2, -0.15) is 0 Å². The molecule has 1 amide bonds. The van der Waals surface area contributed by atoms with Crippen LogP contribution in [0.25, 0.3) is 0 Å². The molecule has 7 heteroatoms. The molecule has 3 N–H and O–H groups in total. The van der Waals surface area contributed by atoms with Gasteiger partial charge in [0.1, 0.15) is 11.6 Å². The molecular formula is C22H29FN4O2. The van der Waals surface area contributed by atoms with E-state index in [1.807, 2.05) is 12.1 Å². The molecule has 29 heavy (non-hydrogen) atoms. The third-order valence-electron chi connectivity index (χ3n) is 4.48. The molecule has 2 aromatic carbocycles. The van der Waals surface area contributed by atoms with Crippen molar-refractivity contribution in [2.24, 2.45) is 4.99 Å². The molecule has 156 valence electrons. The van der Waals surface area contributed by atoms with Crippen molar-refractivity contribution >= 4 is 11.9 Å². The van der Waals surface area contributed by atoms with Crippen LogP contribution in [0.3, 0.4) is 0 Å². The van der Waals surface area contributed by atoms with E-state index < -0.39 is 0 Å². The van der Waals surface area contributed by atoms with Gasteiger partial charge in [0, 0.05) is 32.2 Å². The van der Waals surface area contributed by atoms with Gasteiger partial charge in [-0.1, -0.05) is 23.8 Å². The molecule has 0 atom stereocenters. The highest BCUT2D eigenvalue weighted by molar-refractivity contribution is 5.94. The largest absolute Gasteiger partial charge is 0.496 e. The van der Waals surface area contributed by atoms with E-state index in [1.165, 1.54) is 11.6 Å². The van der Waals surface area contributed by atoms with Crippen LogP contribution in [0.5, 0.6) is 5.75 Å². The second-order valence-electron chi connectivity index (χ2n) is 6.71. The standard InChI is InChI=1S/C22H29FN4O2/c1-15-5-8-20(29-4)17(13-15)9-10-26-22(24-3)27-12-11-25-21(28)18-7-6-16(2)19(23)14-18/h5-8,13-14H,9-12H2,1-4H3,(H,25,28)(H2,24,26,27). The Kier molecular flexibility index (Phi) is 8.45. The van der Waals surface area contributed by atoms with Crippen molar-refractivity contribution in [3.05, 3.63) is 64.5 Å². The van der Waals surface area contributed by atoms with Gasteiger partial charge in [-0.15, -0.1) is 0 Å². The molecule has 0 aliphatic carbocycles. The van der Waals surface area contributed by atoms with E-state index in [4.69, 9.17) is 4.74 Å². The Hall–Kier alpha value is -3.09. The van der Waals surface area contributed by atoms with E-state index >= 15 is 0 Å². The fourth-order valence-corrected chi connectivity index (χ4v) is 2.83. The normalized spacial score (nSPS) is 11.1. The first-order valence-electron chi connectivity index (χ1n) is 9.57. The Morgan fingerprint density at radius 3 is 2.45 bits per heavy atom. The number of hydrogen-bond donors (Lipinski definition) is 3. The minimum absolute atomic E-state index is 0.305. The van der Waals surface area contributed by atoms with Crippen LogP contribution in [-0.4, -0.2) is 45.7 Å². The number of methoxy groups -OCH3 is 1. The SMILES string of the molecule is CN=C(NCCNC(=O)c1ccc(C)c(F)c1)NCCc1cc(C)ccc1OC. The first kappa shape index (κ1) is 22.2. The lowest BCUT2D eigenvalue weighted by Gasteiger charge is -2.14. The van der Waals surface area contributed by atoms with Crippen LogP contribution < -0.4 is 20.7 Å². The fourth-order valence-electron chi connectivity index (χ4n) is 2.83. The van der Waals surface area contributed by atoms with E-state index in [-0.39, 0.29) is 11.7 Å². The zero-order chi connectivity index (χ0) is 21.2. The molecule has 6 nitrogen and oxygen atoms in total. The number of nitrogens with one attached hydrogen (secondary N) is 3. The molecule has 0 bridgehead atoms. The van der Waals surface area contributed by atoms with E-state index in [9.17, 15) is 9.18 Å². The highest BCUT2D eigenvalue weighted by atomic mass is 19.1. The summed E-state index contributed by atoms with van der Waals surface area (Å²) in [5.41, 5.74) is 3.14. The monoisotopic (exact) mass is 400 g/mol. The Morgan fingerprint density at radius 1 is 1.03 bits per heavy atom. The topological polar surface area (TPSA) is 74.8 Å². The van der Waals surface area contributed by atoms with Crippen molar-refractivity contribution < 1.29 is 13.9 Å². The second kappa shape index (κ2) is 11.0. The summed E-state index contributed by atoms with van der Waals surface area (Å²) >= 11 is 0. The van der Waals surface area contributed by atoms with Crippen molar-refractivity contribution in [2.75, 3.05) is 33.8 Å². The van der Waals surface area contributed by atoms with Crippen LogP contribution in [0.4, 0.5) is 4.39 Å². The second-order valence-corrected chi connectivity index (χ2v) is 6.71. The Bertz CT molecular complexity index is 868. The van der Waals surface area contributed by atoms with Gasteiger partial charge in [0.2, 0.25) is 0 Å². The quantitative estimate of drug-likeness (QED) is 0.362. The lowest BCUT2D eigenvalue weighted by Crippen LogP contribution is -2.42. The van der Waals surface area contributed by atoms with Gasteiger partial charge in [-0.25, -0.2) is 4.39 Å². The summed E-state index contributed by atoms with van der Waals surface area (Å²) in [7, 11) is 3.36. The van der Waals surface area contributed by atoms with E-state index in [0.29, 0.717) is 36.7 Å². The van der Waals surface area contributed by atoms with Gasteiger partial charge < -0.3 is 20.7 Å². The molecule has 0 heterocycles. The number of nitrogens with zero attached hydrogens (tertiary/aromatic N) is 1. The lowest BCUT2D eigenvalue weighted by molar-refractivity contribution is 0.0954. The number of aliphatic imine (C=N–C) groups is 1. The predicted octanol–water partition coefficient (Wildman–Crippen LogP) is 2.59. The molecule has 0 unspecified atom stereocenters. The van der Waals surface area contributed by atoms with Crippen LogP contribution in [-0.2, 0) is 6.42 Å². The van der Waals surface area contributed by atoms with Crippen LogP contribution in [0.1, 0.15) is 27.0 Å².